The first-order valence-electron chi connectivity index (χ1n) is 6.95. The molecule has 5 heteroatoms. The van der Waals surface area contributed by atoms with Crippen LogP contribution in [0.1, 0.15) is 17.8 Å². The molecule has 2 heterocycles. The minimum absolute atomic E-state index is 0.309. The number of nitrogens with two attached hydrogens (primary N) is 1. The first-order valence-corrected chi connectivity index (χ1v) is 7.83. The molecule has 3 rings (SSSR count). The average molecular weight is 288 g/mol. The highest BCUT2D eigenvalue weighted by atomic mass is 32.2. The second kappa shape index (κ2) is 5.99. The van der Waals surface area contributed by atoms with Gasteiger partial charge in [0.2, 0.25) is 0 Å². The predicted molar refractivity (Wildman–Crippen MR) is 82.4 cm³/mol. The SMILES string of the molecule is Cn1ccnc1CCC(NN)C1Cc2ccccc2S1. The fraction of sp³-hybridized carbons (Fsp3) is 0.400. The zero-order valence-corrected chi connectivity index (χ0v) is 12.4. The molecule has 106 valence electrons. The first-order chi connectivity index (χ1) is 9.78. The molecule has 0 radical (unpaired) electrons. The van der Waals surface area contributed by atoms with E-state index >= 15 is 0 Å². The van der Waals surface area contributed by atoms with Crippen LogP contribution in [0.2, 0.25) is 0 Å². The molecule has 2 unspecified atom stereocenters. The lowest BCUT2D eigenvalue weighted by atomic mass is 10.0. The Morgan fingerprint density at radius 2 is 2.35 bits per heavy atom. The van der Waals surface area contributed by atoms with Gasteiger partial charge in [-0.15, -0.1) is 11.8 Å². The third-order valence-electron chi connectivity index (χ3n) is 3.93. The zero-order chi connectivity index (χ0) is 13.9. The molecule has 2 atom stereocenters. The van der Waals surface area contributed by atoms with E-state index < -0.39 is 0 Å². The number of imidazole rings is 1. The highest BCUT2D eigenvalue weighted by molar-refractivity contribution is 8.00. The number of aromatic nitrogens is 2. The van der Waals surface area contributed by atoms with Gasteiger partial charge in [0.15, 0.2) is 0 Å². The Balaban J connectivity index is 1.62. The molecule has 0 saturated carbocycles. The van der Waals surface area contributed by atoms with Crippen molar-refractivity contribution in [2.75, 3.05) is 0 Å². The fourth-order valence-electron chi connectivity index (χ4n) is 2.73. The summed E-state index contributed by atoms with van der Waals surface area (Å²) in [5.41, 5.74) is 4.45. The summed E-state index contributed by atoms with van der Waals surface area (Å²) in [4.78, 5) is 5.77. The molecule has 1 aliphatic heterocycles. The van der Waals surface area contributed by atoms with Crippen LogP contribution in [-0.4, -0.2) is 20.8 Å². The average Bonchev–Trinajstić information content (AvgIpc) is 3.06. The van der Waals surface area contributed by atoms with Gasteiger partial charge >= 0.3 is 0 Å². The van der Waals surface area contributed by atoms with E-state index in [9.17, 15) is 0 Å². The topological polar surface area (TPSA) is 55.9 Å². The summed E-state index contributed by atoms with van der Waals surface area (Å²) in [5.74, 6) is 6.89. The molecular formula is C15H20N4S. The monoisotopic (exact) mass is 288 g/mol. The van der Waals surface area contributed by atoms with Gasteiger partial charge in [-0.05, 0) is 24.5 Å². The Bertz CT molecular complexity index is 556. The normalized spacial score (nSPS) is 19.0. The third kappa shape index (κ3) is 2.75. The number of rotatable bonds is 5. The second-order valence-corrected chi connectivity index (χ2v) is 6.52. The number of fused-ring (bicyclic) bond motifs is 1. The molecule has 0 spiro atoms. The summed E-state index contributed by atoms with van der Waals surface area (Å²) < 4.78 is 2.07. The van der Waals surface area contributed by atoms with Gasteiger partial charge in [-0.25, -0.2) is 4.98 Å². The summed E-state index contributed by atoms with van der Waals surface area (Å²) >= 11 is 1.94. The van der Waals surface area contributed by atoms with Crippen molar-refractivity contribution in [1.29, 1.82) is 0 Å². The molecule has 1 aromatic heterocycles. The summed E-state index contributed by atoms with van der Waals surface area (Å²) in [6.07, 6.45) is 6.88. The molecule has 0 amide bonds. The second-order valence-electron chi connectivity index (χ2n) is 5.23. The Morgan fingerprint density at radius 1 is 1.50 bits per heavy atom. The van der Waals surface area contributed by atoms with Gasteiger partial charge in [-0.1, -0.05) is 18.2 Å². The van der Waals surface area contributed by atoms with E-state index in [0.29, 0.717) is 11.3 Å². The molecule has 20 heavy (non-hydrogen) atoms. The van der Waals surface area contributed by atoms with Gasteiger partial charge in [0.05, 0.1) is 0 Å². The number of hydrazine groups is 1. The van der Waals surface area contributed by atoms with Gasteiger partial charge in [-0.2, -0.15) is 0 Å². The van der Waals surface area contributed by atoms with E-state index in [1.165, 1.54) is 10.5 Å². The first kappa shape index (κ1) is 13.7. The van der Waals surface area contributed by atoms with E-state index in [4.69, 9.17) is 5.84 Å². The van der Waals surface area contributed by atoms with Crippen LogP contribution in [0, 0.1) is 0 Å². The van der Waals surface area contributed by atoms with Crippen LogP contribution in [0.3, 0.4) is 0 Å². The Labute approximate surface area is 123 Å². The molecule has 0 bridgehead atoms. The molecule has 4 nitrogen and oxygen atoms in total. The number of hydrogen-bond acceptors (Lipinski definition) is 4. The van der Waals surface area contributed by atoms with Crippen molar-refractivity contribution in [2.45, 2.75) is 35.4 Å². The van der Waals surface area contributed by atoms with E-state index in [2.05, 4.69) is 39.2 Å². The summed E-state index contributed by atoms with van der Waals surface area (Å²) in [6.45, 7) is 0. The van der Waals surface area contributed by atoms with Crippen molar-refractivity contribution in [3.63, 3.8) is 0 Å². The van der Waals surface area contributed by atoms with Crippen LogP contribution >= 0.6 is 11.8 Å². The van der Waals surface area contributed by atoms with Crippen LogP contribution in [-0.2, 0) is 19.9 Å². The molecule has 3 N–H and O–H groups in total. The number of nitrogens with zero attached hydrogens (tertiary/aromatic N) is 2. The molecule has 1 aromatic carbocycles. The maximum absolute atomic E-state index is 5.77. The molecule has 1 aliphatic rings. The lowest BCUT2D eigenvalue weighted by Gasteiger charge is -2.21. The number of thioether (sulfide) groups is 1. The lowest BCUT2D eigenvalue weighted by molar-refractivity contribution is 0.471. The van der Waals surface area contributed by atoms with Crippen molar-refractivity contribution in [3.05, 3.63) is 48.0 Å². The number of hydrogen-bond donors (Lipinski definition) is 2. The van der Waals surface area contributed by atoms with Crippen LogP contribution in [0.4, 0.5) is 0 Å². The minimum atomic E-state index is 0.309. The lowest BCUT2D eigenvalue weighted by Crippen LogP contribution is -2.43. The van der Waals surface area contributed by atoms with E-state index in [-0.39, 0.29) is 0 Å². The summed E-state index contributed by atoms with van der Waals surface area (Å²) in [5, 5.41) is 0.512. The van der Waals surface area contributed by atoms with Gasteiger partial charge in [-0.3, -0.25) is 11.3 Å². The largest absolute Gasteiger partial charge is 0.338 e. The van der Waals surface area contributed by atoms with Crippen LogP contribution in [0.15, 0.2) is 41.6 Å². The number of aryl methyl sites for hydroxylation is 2. The van der Waals surface area contributed by atoms with Crippen LogP contribution in [0.25, 0.3) is 0 Å². The van der Waals surface area contributed by atoms with Crippen molar-refractivity contribution >= 4 is 11.8 Å². The number of benzene rings is 1. The van der Waals surface area contributed by atoms with Crippen molar-refractivity contribution in [2.24, 2.45) is 12.9 Å². The maximum atomic E-state index is 5.77. The van der Waals surface area contributed by atoms with Crippen LogP contribution in [0.5, 0.6) is 0 Å². The summed E-state index contributed by atoms with van der Waals surface area (Å²) in [7, 11) is 2.04. The van der Waals surface area contributed by atoms with Gasteiger partial charge in [0.1, 0.15) is 5.82 Å². The zero-order valence-electron chi connectivity index (χ0n) is 11.6. The summed E-state index contributed by atoms with van der Waals surface area (Å²) in [6, 6.07) is 8.94. The fourth-order valence-corrected chi connectivity index (χ4v) is 4.16. The van der Waals surface area contributed by atoms with Gasteiger partial charge in [0, 0.05) is 42.0 Å². The van der Waals surface area contributed by atoms with E-state index in [1.54, 1.807) is 0 Å². The molecule has 0 fully saturated rings. The molecular weight excluding hydrogens is 268 g/mol. The Hall–Kier alpha value is -1.30. The smallest absolute Gasteiger partial charge is 0.108 e. The van der Waals surface area contributed by atoms with E-state index in [1.807, 2.05) is 31.2 Å². The third-order valence-corrected chi connectivity index (χ3v) is 5.38. The van der Waals surface area contributed by atoms with Crippen molar-refractivity contribution in [3.8, 4) is 0 Å². The Kier molecular flexibility index (Phi) is 4.10. The highest BCUT2D eigenvalue weighted by Crippen LogP contribution is 2.38. The van der Waals surface area contributed by atoms with Crippen molar-refractivity contribution < 1.29 is 0 Å². The molecule has 2 aromatic rings. The predicted octanol–water partition coefficient (Wildman–Crippen LogP) is 1.90. The molecule has 0 saturated heterocycles. The Morgan fingerprint density at radius 3 is 3.05 bits per heavy atom. The quantitative estimate of drug-likeness (QED) is 0.652. The molecule has 0 aliphatic carbocycles. The number of nitrogens with one attached hydrogen (secondary N) is 1. The van der Waals surface area contributed by atoms with Crippen molar-refractivity contribution in [1.82, 2.24) is 15.0 Å². The highest BCUT2D eigenvalue weighted by Gasteiger charge is 2.28. The standard InChI is InChI=1S/C15H20N4S/c1-19-9-8-17-15(19)7-6-12(18-16)14-10-11-4-2-3-5-13(11)20-14/h2-5,8-9,12,14,18H,6-7,10,16H2,1H3. The van der Waals surface area contributed by atoms with Gasteiger partial charge in [0.25, 0.3) is 0 Å². The van der Waals surface area contributed by atoms with Crippen LogP contribution < -0.4 is 11.3 Å². The van der Waals surface area contributed by atoms with E-state index in [0.717, 1.165) is 25.1 Å². The van der Waals surface area contributed by atoms with Gasteiger partial charge < -0.3 is 4.57 Å². The maximum Gasteiger partial charge on any atom is 0.108 e. The minimum Gasteiger partial charge on any atom is -0.338 e.